The first-order valence-electron chi connectivity index (χ1n) is 10.1. The standard InChI is InChI=1S/C22H32N2O3/c1-22(2,3)27-21(26)23-14-15-9-11-17(12-10-15)20(25)24-19-13-18(19)16-7-5-4-6-8-16/h4-8,15,17-19H,9-14H2,1-3H3,(H,23,26)(H,24,25). The van der Waals surface area contributed by atoms with Crippen LogP contribution in [0, 0.1) is 11.8 Å². The molecule has 0 bridgehead atoms. The van der Waals surface area contributed by atoms with Crippen LogP contribution >= 0.6 is 0 Å². The zero-order valence-corrected chi connectivity index (χ0v) is 16.7. The molecule has 2 saturated carbocycles. The van der Waals surface area contributed by atoms with E-state index in [-0.39, 0.29) is 17.9 Å². The second-order valence-electron chi connectivity index (χ2n) is 8.97. The topological polar surface area (TPSA) is 67.4 Å². The zero-order chi connectivity index (χ0) is 19.4. The van der Waals surface area contributed by atoms with Crippen LogP contribution in [-0.2, 0) is 9.53 Å². The minimum atomic E-state index is -0.472. The lowest BCUT2D eigenvalue weighted by Crippen LogP contribution is -2.38. The molecule has 5 nitrogen and oxygen atoms in total. The van der Waals surface area contributed by atoms with Crippen LogP contribution in [0.3, 0.4) is 0 Å². The second kappa shape index (κ2) is 8.32. The summed E-state index contributed by atoms with van der Waals surface area (Å²) in [6.07, 6.45) is 4.43. The summed E-state index contributed by atoms with van der Waals surface area (Å²) in [5, 5.41) is 6.09. The molecule has 2 atom stereocenters. The summed E-state index contributed by atoms with van der Waals surface area (Å²) in [5.74, 6) is 1.22. The Hall–Kier alpha value is -2.04. The van der Waals surface area contributed by atoms with Gasteiger partial charge in [0.2, 0.25) is 5.91 Å². The van der Waals surface area contributed by atoms with Crippen LogP contribution in [-0.4, -0.2) is 30.2 Å². The fourth-order valence-corrected chi connectivity index (χ4v) is 3.89. The van der Waals surface area contributed by atoms with Gasteiger partial charge >= 0.3 is 6.09 Å². The van der Waals surface area contributed by atoms with Crippen LogP contribution in [0.4, 0.5) is 4.79 Å². The van der Waals surface area contributed by atoms with Gasteiger partial charge in [0, 0.05) is 24.4 Å². The van der Waals surface area contributed by atoms with Crippen molar-refractivity contribution in [1.29, 1.82) is 0 Å². The molecule has 3 rings (SSSR count). The van der Waals surface area contributed by atoms with E-state index in [0.29, 0.717) is 24.4 Å². The number of rotatable bonds is 5. The van der Waals surface area contributed by atoms with Gasteiger partial charge in [0.15, 0.2) is 0 Å². The number of benzene rings is 1. The van der Waals surface area contributed by atoms with E-state index < -0.39 is 5.60 Å². The third-order valence-electron chi connectivity index (χ3n) is 5.50. The molecule has 2 amide bonds. The number of alkyl carbamates (subject to hydrolysis) is 1. The molecule has 2 fully saturated rings. The maximum Gasteiger partial charge on any atom is 0.407 e. The Balaban J connectivity index is 1.35. The zero-order valence-electron chi connectivity index (χ0n) is 16.7. The van der Waals surface area contributed by atoms with Crippen LogP contribution in [0.1, 0.15) is 64.4 Å². The van der Waals surface area contributed by atoms with Gasteiger partial charge in [0.1, 0.15) is 5.60 Å². The van der Waals surface area contributed by atoms with E-state index in [1.807, 2.05) is 26.8 Å². The molecule has 0 aliphatic heterocycles. The van der Waals surface area contributed by atoms with E-state index in [1.54, 1.807) is 0 Å². The van der Waals surface area contributed by atoms with Crippen LogP contribution in [0.25, 0.3) is 0 Å². The molecule has 0 aromatic heterocycles. The lowest BCUT2D eigenvalue weighted by Gasteiger charge is -2.28. The van der Waals surface area contributed by atoms with E-state index in [1.165, 1.54) is 5.56 Å². The first kappa shape index (κ1) is 19.7. The fraction of sp³-hybridized carbons (Fsp3) is 0.636. The van der Waals surface area contributed by atoms with Gasteiger partial charge in [0.25, 0.3) is 0 Å². The van der Waals surface area contributed by atoms with Crippen LogP contribution in [0.15, 0.2) is 30.3 Å². The van der Waals surface area contributed by atoms with Gasteiger partial charge in [-0.2, -0.15) is 0 Å². The molecule has 27 heavy (non-hydrogen) atoms. The number of hydrogen-bond donors (Lipinski definition) is 2. The SMILES string of the molecule is CC(C)(C)OC(=O)NCC1CCC(C(=O)NC2CC2c2ccccc2)CC1. The maximum atomic E-state index is 12.6. The average molecular weight is 373 g/mol. The summed E-state index contributed by atoms with van der Waals surface area (Å²) < 4.78 is 5.27. The van der Waals surface area contributed by atoms with E-state index in [4.69, 9.17) is 4.74 Å². The molecule has 2 aliphatic rings. The van der Waals surface area contributed by atoms with Gasteiger partial charge in [-0.3, -0.25) is 4.79 Å². The number of nitrogens with one attached hydrogen (secondary N) is 2. The number of ether oxygens (including phenoxy) is 1. The average Bonchev–Trinajstić information content (AvgIpc) is 3.39. The number of hydrogen-bond acceptors (Lipinski definition) is 3. The summed E-state index contributed by atoms with van der Waals surface area (Å²) in [7, 11) is 0. The highest BCUT2D eigenvalue weighted by atomic mass is 16.6. The van der Waals surface area contributed by atoms with E-state index in [0.717, 1.165) is 32.1 Å². The number of carbonyl (C=O) groups excluding carboxylic acids is 2. The molecular formula is C22H32N2O3. The van der Waals surface area contributed by atoms with Crippen molar-refractivity contribution < 1.29 is 14.3 Å². The van der Waals surface area contributed by atoms with Crippen molar-refractivity contribution in [1.82, 2.24) is 10.6 Å². The van der Waals surface area contributed by atoms with Gasteiger partial charge < -0.3 is 15.4 Å². The molecule has 0 saturated heterocycles. The Morgan fingerprint density at radius 2 is 1.74 bits per heavy atom. The predicted molar refractivity (Wildman–Crippen MR) is 105 cm³/mol. The molecule has 2 aliphatic carbocycles. The summed E-state index contributed by atoms with van der Waals surface area (Å²) in [6, 6.07) is 10.7. The van der Waals surface area contributed by atoms with Crippen molar-refractivity contribution in [2.24, 2.45) is 11.8 Å². The molecular weight excluding hydrogens is 340 g/mol. The summed E-state index contributed by atoms with van der Waals surface area (Å²) in [4.78, 5) is 24.3. The maximum absolute atomic E-state index is 12.6. The molecule has 148 valence electrons. The first-order chi connectivity index (χ1) is 12.8. The molecule has 0 heterocycles. The highest BCUT2D eigenvalue weighted by Crippen LogP contribution is 2.41. The molecule has 1 aromatic carbocycles. The first-order valence-corrected chi connectivity index (χ1v) is 10.1. The van der Waals surface area contributed by atoms with Gasteiger partial charge in [-0.15, -0.1) is 0 Å². The van der Waals surface area contributed by atoms with Crippen LogP contribution < -0.4 is 10.6 Å². The summed E-state index contributed by atoms with van der Waals surface area (Å²) in [6.45, 7) is 6.21. The van der Waals surface area contributed by atoms with Gasteiger partial charge in [-0.25, -0.2) is 4.79 Å². The number of carbonyl (C=O) groups is 2. The van der Waals surface area contributed by atoms with E-state index >= 15 is 0 Å². The minimum Gasteiger partial charge on any atom is -0.444 e. The van der Waals surface area contributed by atoms with Crippen molar-refractivity contribution in [3.8, 4) is 0 Å². The van der Waals surface area contributed by atoms with Gasteiger partial charge in [0.05, 0.1) is 0 Å². The highest BCUT2D eigenvalue weighted by Gasteiger charge is 2.40. The quantitative estimate of drug-likeness (QED) is 0.821. The third-order valence-corrected chi connectivity index (χ3v) is 5.50. The fourth-order valence-electron chi connectivity index (χ4n) is 3.89. The molecule has 0 radical (unpaired) electrons. The molecule has 0 spiro atoms. The normalized spacial score (nSPS) is 27.5. The molecule has 2 unspecified atom stereocenters. The van der Waals surface area contributed by atoms with Gasteiger partial charge in [-0.05, 0) is 64.4 Å². The van der Waals surface area contributed by atoms with Crippen molar-refractivity contribution in [3.63, 3.8) is 0 Å². The smallest absolute Gasteiger partial charge is 0.407 e. The van der Waals surface area contributed by atoms with Gasteiger partial charge in [-0.1, -0.05) is 30.3 Å². The van der Waals surface area contributed by atoms with Crippen molar-refractivity contribution >= 4 is 12.0 Å². The largest absolute Gasteiger partial charge is 0.444 e. The lowest BCUT2D eigenvalue weighted by molar-refractivity contribution is -0.126. The predicted octanol–water partition coefficient (Wildman–Crippen LogP) is 3.99. The molecule has 5 heteroatoms. The molecule has 2 N–H and O–H groups in total. The summed E-state index contributed by atoms with van der Waals surface area (Å²) >= 11 is 0. The Morgan fingerprint density at radius 1 is 1.07 bits per heavy atom. The Morgan fingerprint density at radius 3 is 2.37 bits per heavy atom. The minimum absolute atomic E-state index is 0.111. The highest BCUT2D eigenvalue weighted by molar-refractivity contribution is 5.79. The van der Waals surface area contributed by atoms with Crippen LogP contribution in [0.5, 0.6) is 0 Å². The molecule has 1 aromatic rings. The summed E-state index contributed by atoms with van der Waals surface area (Å²) in [5.41, 5.74) is 0.847. The van der Waals surface area contributed by atoms with E-state index in [2.05, 4.69) is 34.9 Å². The van der Waals surface area contributed by atoms with Crippen LogP contribution in [0.2, 0.25) is 0 Å². The van der Waals surface area contributed by atoms with E-state index in [9.17, 15) is 9.59 Å². The lowest BCUT2D eigenvalue weighted by atomic mass is 9.81. The second-order valence-corrected chi connectivity index (χ2v) is 8.97. The Kier molecular flexibility index (Phi) is 6.08. The number of amides is 2. The monoisotopic (exact) mass is 372 g/mol. The Bertz CT molecular complexity index is 645. The van der Waals surface area contributed by atoms with Crippen molar-refractivity contribution in [2.75, 3.05) is 6.54 Å². The van der Waals surface area contributed by atoms with Crippen molar-refractivity contribution in [2.45, 2.75) is 70.4 Å². The third kappa shape index (κ3) is 5.98. The Labute approximate surface area is 162 Å². The van der Waals surface area contributed by atoms with Crippen molar-refractivity contribution in [3.05, 3.63) is 35.9 Å².